The first-order valence-corrected chi connectivity index (χ1v) is 10.5. The van der Waals surface area contributed by atoms with Crippen molar-refractivity contribution in [2.45, 2.75) is 44.6 Å². The Bertz CT molecular complexity index is 979. The number of hydrogen-bond donors (Lipinski definition) is 4. The third-order valence-corrected chi connectivity index (χ3v) is 5.87. The summed E-state index contributed by atoms with van der Waals surface area (Å²) in [4.78, 5) is 25.2. The van der Waals surface area contributed by atoms with Crippen LogP contribution in [0, 0.1) is 17.2 Å². The van der Waals surface area contributed by atoms with Crippen molar-refractivity contribution in [2.24, 2.45) is 5.92 Å². The van der Waals surface area contributed by atoms with Gasteiger partial charge in [-0.05, 0) is 62.1 Å². The highest BCUT2D eigenvalue weighted by atomic mass is 16.3. The number of rotatable bonds is 6. The number of carbonyl (C=O) groups excluding carboxylic acids is 2. The summed E-state index contributed by atoms with van der Waals surface area (Å²) in [6.07, 6.45) is 5.38. The van der Waals surface area contributed by atoms with E-state index in [1.54, 1.807) is 48.5 Å². The second-order valence-electron chi connectivity index (χ2n) is 8.22. The molecule has 0 aliphatic heterocycles. The van der Waals surface area contributed by atoms with Gasteiger partial charge < -0.3 is 21.1 Å². The first kappa shape index (κ1) is 22.3. The second-order valence-corrected chi connectivity index (χ2v) is 8.22. The molecule has 0 unspecified atom stereocenters. The fourth-order valence-corrected chi connectivity index (χ4v) is 4.04. The fourth-order valence-electron chi connectivity index (χ4n) is 4.04. The summed E-state index contributed by atoms with van der Waals surface area (Å²) in [5.74, 6) is -0.111. The zero-order chi connectivity index (χ0) is 22.3. The van der Waals surface area contributed by atoms with E-state index in [0.717, 1.165) is 25.7 Å². The van der Waals surface area contributed by atoms with E-state index < -0.39 is 11.6 Å². The van der Waals surface area contributed by atoms with Gasteiger partial charge in [0.1, 0.15) is 0 Å². The lowest BCUT2D eigenvalue weighted by Gasteiger charge is -2.39. The van der Waals surface area contributed by atoms with Crippen LogP contribution in [-0.4, -0.2) is 29.2 Å². The van der Waals surface area contributed by atoms with E-state index in [-0.39, 0.29) is 18.4 Å². The lowest BCUT2D eigenvalue weighted by Crippen LogP contribution is -2.55. The minimum atomic E-state index is -0.689. The molecule has 2 aromatic rings. The molecule has 7 nitrogen and oxygen atoms in total. The first-order chi connectivity index (χ1) is 14.9. The normalized spacial score (nSPS) is 15.9. The number of nitrogens with one attached hydrogen (secondary N) is 3. The molecular formula is C24H28N4O3. The minimum Gasteiger partial charge on any atom is -0.394 e. The van der Waals surface area contributed by atoms with Crippen LogP contribution in [0.4, 0.5) is 16.2 Å². The number of benzene rings is 2. The Labute approximate surface area is 182 Å². The van der Waals surface area contributed by atoms with E-state index in [4.69, 9.17) is 5.26 Å². The molecule has 1 aliphatic carbocycles. The third-order valence-electron chi connectivity index (χ3n) is 5.87. The Morgan fingerprint density at radius 2 is 1.74 bits per heavy atom. The molecule has 1 aliphatic rings. The average Bonchev–Trinajstić information content (AvgIpc) is 2.79. The summed E-state index contributed by atoms with van der Waals surface area (Å²) in [7, 11) is 0. The largest absolute Gasteiger partial charge is 0.394 e. The molecule has 0 heterocycles. The highest BCUT2D eigenvalue weighted by molar-refractivity contribution is 6.05. The van der Waals surface area contributed by atoms with Gasteiger partial charge in [-0.25, -0.2) is 4.79 Å². The van der Waals surface area contributed by atoms with Gasteiger partial charge in [0.25, 0.3) is 5.91 Å². The molecule has 0 bridgehead atoms. The molecule has 0 aromatic heterocycles. The van der Waals surface area contributed by atoms with Crippen LogP contribution in [0.5, 0.6) is 0 Å². The van der Waals surface area contributed by atoms with Crippen molar-refractivity contribution < 1.29 is 14.7 Å². The molecule has 1 atom stereocenters. The Morgan fingerprint density at radius 3 is 2.42 bits per heavy atom. The van der Waals surface area contributed by atoms with E-state index in [9.17, 15) is 14.7 Å². The number of amides is 3. The molecule has 3 amide bonds. The number of nitrogens with zero attached hydrogens (tertiary/aromatic N) is 1. The Morgan fingerprint density at radius 1 is 1.06 bits per heavy atom. The highest BCUT2D eigenvalue weighted by Crippen LogP contribution is 2.32. The quantitative estimate of drug-likeness (QED) is 0.559. The van der Waals surface area contributed by atoms with Crippen LogP contribution in [0.2, 0.25) is 0 Å². The predicted octanol–water partition coefficient (Wildman–Crippen LogP) is 4.26. The molecule has 31 heavy (non-hydrogen) atoms. The number of aliphatic hydroxyl groups is 1. The van der Waals surface area contributed by atoms with E-state index >= 15 is 0 Å². The highest BCUT2D eigenvalue weighted by Gasteiger charge is 2.35. The molecule has 0 radical (unpaired) electrons. The van der Waals surface area contributed by atoms with Gasteiger partial charge in [0, 0.05) is 16.9 Å². The number of carbonyl (C=O) groups is 2. The predicted molar refractivity (Wildman–Crippen MR) is 120 cm³/mol. The summed E-state index contributed by atoms with van der Waals surface area (Å²) in [5, 5.41) is 27.4. The van der Waals surface area contributed by atoms with Gasteiger partial charge in [-0.1, -0.05) is 31.4 Å². The van der Waals surface area contributed by atoms with E-state index in [0.29, 0.717) is 22.5 Å². The molecule has 162 valence electrons. The lowest BCUT2D eigenvalue weighted by atomic mass is 9.76. The van der Waals surface area contributed by atoms with Gasteiger partial charge in [0.15, 0.2) is 0 Å². The van der Waals surface area contributed by atoms with Crippen LogP contribution in [0.25, 0.3) is 0 Å². The number of anilines is 2. The fraction of sp³-hybridized carbons (Fsp3) is 0.375. The molecule has 4 N–H and O–H groups in total. The summed E-state index contributed by atoms with van der Waals surface area (Å²) in [6, 6.07) is 14.9. The average molecular weight is 421 g/mol. The van der Waals surface area contributed by atoms with Crippen molar-refractivity contribution in [2.75, 3.05) is 17.2 Å². The monoisotopic (exact) mass is 420 g/mol. The van der Waals surface area contributed by atoms with Crippen molar-refractivity contribution in [3.8, 4) is 6.07 Å². The topological polar surface area (TPSA) is 114 Å². The molecule has 0 saturated heterocycles. The Kier molecular flexibility index (Phi) is 7.27. The van der Waals surface area contributed by atoms with Gasteiger partial charge >= 0.3 is 6.03 Å². The van der Waals surface area contributed by atoms with Crippen LogP contribution in [-0.2, 0) is 0 Å². The number of urea groups is 1. The van der Waals surface area contributed by atoms with Crippen molar-refractivity contribution in [1.29, 1.82) is 5.26 Å². The number of nitriles is 1. The molecule has 1 fully saturated rings. The van der Waals surface area contributed by atoms with Crippen LogP contribution in [0.3, 0.4) is 0 Å². The first-order valence-electron chi connectivity index (χ1n) is 10.5. The zero-order valence-electron chi connectivity index (χ0n) is 17.6. The SMILES string of the molecule is C[C@@](CO)(NC(=O)Nc1cccc(C(=O)Nc2cccc(C#N)c2)c1)C1CCCCC1. The van der Waals surface area contributed by atoms with E-state index in [2.05, 4.69) is 16.0 Å². The van der Waals surface area contributed by atoms with Crippen molar-refractivity contribution in [1.82, 2.24) is 5.32 Å². The van der Waals surface area contributed by atoms with Crippen LogP contribution < -0.4 is 16.0 Å². The molecule has 1 saturated carbocycles. The van der Waals surface area contributed by atoms with E-state index in [1.807, 2.05) is 13.0 Å². The molecule has 0 spiro atoms. The lowest BCUT2D eigenvalue weighted by molar-refractivity contribution is 0.102. The van der Waals surface area contributed by atoms with Crippen molar-refractivity contribution in [3.63, 3.8) is 0 Å². The van der Waals surface area contributed by atoms with E-state index in [1.165, 1.54) is 6.42 Å². The van der Waals surface area contributed by atoms with Gasteiger partial charge in [-0.2, -0.15) is 5.26 Å². The minimum absolute atomic E-state index is 0.130. The van der Waals surface area contributed by atoms with Crippen molar-refractivity contribution in [3.05, 3.63) is 59.7 Å². The maximum atomic E-state index is 12.6. The van der Waals surface area contributed by atoms with Gasteiger partial charge in [-0.15, -0.1) is 0 Å². The van der Waals surface area contributed by atoms with Gasteiger partial charge in [0.2, 0.25) is 0 Å². The maximum absolute atomic E-state index is 12.6. The maximum Gasteiger partial charge on any atom is 0.319 e. The van der Waals surface area contributed by atoms with Crippen LogP contribution in [0.15, 0.2) is 48.5 Å². The van der Waals surface area contributed by atoms with Gasteiger partial charge in [0.05, 0.1) is 23.8 Å². The molecule has 7 heteroatoms. The summed E-state index contributed by atoms with van der Waals surface area (Å²) in [5.41, 5.74) is 1.13. The standard InChI is InChI=1S/C24H28N4O3/c1-24(16-29,19-9-3-2-4-10-19)28-23(31)27-21-12-6-8-18(14-21)22(30)26-20-11-5-7-17(13-20)15-25/h5-8,11-14,19,29H,2-4,9-10,16H2,1H3,(H,26,30)(H2,27,28,31)/t24-/m0/s1. The Hall–Kier alpha value is -3.37. The second kappa shape index (κ2) is 10.1. The molecule has 3 rings (SSSR count). The van der Waals surface area contributed by atoms with Crippen LogP contribution in [0.1, 0.15) is 54.9 Å². The molecular weight excluding hydrogens is 392 g/mol. The Balaban J connectivity index is 1.64. The smallest absolute Gasteiger partial charge is 0.319 e. The van der Waals surface area contributed by atoms with Crippen LogP contribution >= 0.6 is 0 Å². The number of aliphatic hydroxyl groups excluding tert-OH is 1. The summed E-state index contributed by atoms with van der Waals surface area (Å²) >= 11 is 0. The third kappa shape index (κ3) is 5.83. The molecule has 2 aromatic carbocycles. The number of hydrogen-bond acceptors (Lipinski definition) is 4. The summed E-state index contributed by atoms with van der Waals surface area (Å²) in [6.45, 7) is 1.75. The zero-order valence-corrected chi connectivity index (χ0v) is 17.6. The van der Waals surface area contributed by atoms with Gasteiger partial charge in [-0.3, -0.25) is 4.79 Å². The van der Waals surface area contributed by atoms with Crippen molar-refractivity contribution >= 4 is 23.3 Å². The summed E-state index contributed by atoms with van der Waals surface area (Å²) < 4.78 is 0.